The van der Waals surface area contributed by atoms with Crippen LogP contribution in [0, 0.1) is 5.92 Å². The second-order valence-electron chi connectivity index (χ2n) is 8.41. The fourth-order valence-electron chi connectivity index (χ4n) is 4.10. The van der Waals surface area contributed by atoms with E-state index in [1.54, 1.807) is 36.5 Å². The van der Waals surface area contributed by atoms with Crippen molar-refractivity contribution in [2.45, 2.75) is 19.0 Å². The van der Waals surface area contributed by atoms with Crippen molar-refractivity contribution in [1.82, 2.24) is 15.0 Å². The number of pyridine rings is 1. The minimum Gasteiger partial charge on any atom is -0.381 e. The Morgan fingerprint density at radius 3 is 2.47 bits per heavy atom. The number of Topliss-reactive ketones (excluding diaryl/α,β-unsaturated/α-hetero) is 1. The Bertz CT molecular complexity index is 1420. The summed E-state index contributed by atoms with van der Waals surface area (Å²) >= 11 is 6.32. The van der Waals surface area contributed by atoms with Crippen LogP contribution >= 0.6 is 11.6 Å². The van der Waals surface area contributed by atoms with E-state index in [1.807, 2.05) is 0 Å². The molecule has 1 saturated heterocycles. The standard InChI is InChI=1S/C26H20ClF3N4O2/c27-20-2-1-11-31-22(20)16-3-8-19-21(14-16)33-25(23(35)15-9-12-36-13-10-15)34-24(19)32-18-6-4-17(5-7-18)26(28,29)30/h1-8,11,14-15H,9-10,12-13H2,(H,32,33,34). The first-order valence-electron chi connectivity index (χ1n) is 11.3. The number of halogens is 4. The molecule has 0 unspecified atom stereocenters. The van der Waals surface area contributed by atoms with E-state index < -0.39 is 11.7 Å². The molecule has 1 fully saturated rings. The molecule has 0 aliphatic carbocycles. The third kappa shape index (κ3) is 5.03. The Labute approximate surface area is 209 Å². The van der Waals surface area contributed by atoms with Crippen LogP contribution in [0.1, 0.15) is 29.0 Å². The molecular weight excluding hydrogens is 493 g/mol. The fraction of sp³-hybridized carbons (Fsp3) is 0.231. The second-order valence-corrected chi connectivity index (χ2v) is 8.82. The van der Waals surface area contributed by atoms with Crippen LogP contribution in [-0.2, 0) is 10.9 Å². The average molecular weight is 513 g/mol. The molecule has 0 atom stereocenters. The van der Waals surface area contributed by atoms with Gasteiger partial charge in [-0.1, -0.05) is 17.7 Å². The average Bonchev–Trinajstić information content (AvgIpc) is 2.88. The minimum absolute atomic E-state index is 0.0353. The number of ketones is 1. The molecule has 2 aromatic heterocycles. The van der Waals surface area contributed by atoms with E-state index >= 15 is 0 Å². The summed E-state index contributed by atoms with van der Waals surface area (Å²) in [6, 6.07) is 13.4. The van der Waals surface area contributed by atoms with Gasteiger partial charge >= 0.3 is 6.18 Å². The van der Waals surface area contributed by atoms with Crippen molar-refractivity contribution in [2.24, 2.45) is 5.92 Å². The second kappa shape index (κ2) is 9.83. The summed E-state index contributed by atoms with van der Waals surface area (Å²) in [6.07, 6.45) is -1.66. The van der Waals surface area contributed by atoms with Gasteiger partial charge < -0.3 is 10.1 Å². The maximum absolute atomic E-state index is 13.2. The number of ether oxygens (including phenoxy) is 1. The van der Waals surface area contributed by atoms with Crippen molar-refractivity contribution in [3.8, 4) is 11.3 Å². The summed E-state index contributed by atoms with van der Waals surface area (Å²) < 4.78 is 44.3. The molecule has 4 aromatic rings. The highest BCUT2D eigenvalue weighted by Gasteiger charge is 2.30. The molecule has 0 amide bonds. The number of alkyl halides is 3. The summed E-state index contributed by atoms with van der Waals surface area (Å²) in [6.45, 7) is 0.978. The van der Waals surface area contributed by atoms with Gasteiger partial charge in [0.25, 0.3) is 0 Å². The maximum atomic E-state index is 13.2. The number of carbonyl (C=O) groups is 1. The molecule has 184 valence electrons. The van der Waals surface area contributed by atoms with Crippen LogP contribution in [0.2, 0.25) is 5.02 Å². The SMILES string of the molecule is O=C(c1nc(Nc2ccc(C(F)(F)F)cc2)c2ccc(-c3ncccc3Cl)cc2n1)C1CCOCC1. The first-order valence-corrected chi connectivity index (χ1v) is 11.7. The summed E-state index contributed by atoms with van der Waals surface area (Å²) in [5.74, 6) is -0.109. The molecule has 10 heteroatoms. The molecule has 0 spiro atoms. The van der Waals surface area contributed by atoms with E-state index in [0.29, 0.717) is 64.7 Å². The monoisotopic (exact) mass is 512 g/mol. The number of anilines is 2. The molecule has 1 aliphatic rings. The molecular formula is C26H20ClF3N4O2. The normalized spacial score (nSPS) is 14.7. The van der Waals surface area contributed by atoms with Crippen LogP contribution in [0.25, 0.3) is 22.2 Å². The molecule has 36 heavy (non-hydrogen) atoms. The van der Waals surface area contributed by atoms with Crippen LogP contribution in [0.4, 0.5) is 24.7 Å². The lowest BCUT2D eigenvalue weighted by atomic mass is 9.95. The molecule has 0 bridgehead atoms. The van der Waals surface area contributed by atoms with Crippen LogP contribution in [-0.4, -0.2) is 33.9 Å². The zero-order valence-electron chi connectivity index (χ0n) is 18.8. The Morgan fingerprint density at radius 2 is 1.78 bits per heavy atom. The molecule has 1 aliphatic heterocycles. The topological polar surface area (TPSA) is 77.0 Å². The van der Waals surface area contributed by atoms with Gasteiger partial charge in [0.05, 0.1) is 21.8 Å². The van der Waals surface area contributed by atoms with Gasteiger partial charge in [0.15, 0.2) is 5.82 Å². The van der Waals surface area contributed by atoms with Gasteiger partial charge in [0, 0.05) is 42.0 Å². The van der Waals surface area contributed by atoms with Crippen molar-refractivity contribution in [1.29, 1.82) is 0 Å². The Balaban J connectivity index is 1.58. The fourth-order valence-corrected chi connectivity index (χ4v) is 4.33. The van der Waals surface area contributed by atoms with Gasteiger partial charge in [-0.2, -0.15) is 13.2 Å². The highest BCUT2D eigenvalue weighted by Crippen LogP contribution is 2.33. The Morgan fingerprint density at radius 1 is 1.03 bits per heavy atom. The smallest absolute Gasteiger partial charge is 0.381 e. The summed E-state index contributed by atoms with van der Waals surface area (Å²) in [4.78, 5) is 26.6. The molecule has 2 aromatic carbocycles. The van der Waals surface area contributed by atoms with Crippen LogP contribution < -0.4 is 5.32 Å². The van der Waals surface area contributed by atoms with Crippen molar-refractivity contribution < 1.29 is 22.7 Å². The minimum atomic E-state index is -4.44. The van der Waals surface area contributed by atoms with Gasteiger partial charge in [-0.15, -0.1) is 0 Å². The lowest BCUT2D eigenvalue weighted by molar-refractivity contribution is -0.137. The Hall–Kier alpha value is -3.56. The number of fused-ring (bicyclic) bond motifs is 1. The summed E-state index contributed by atoms with van der Waals surface area (Å²) in [7, 11) is 0. The van der Waals surface area contributed by atoms with E-state index in [4.69, 9.17) is 16.3 Å². The van der Waals surface area contributed by atoms with Crippen LogP contribution in [0.3, 0.4) is 0 Å². The number of carbonyl (C=O) groups excluding carboxylic acids is 1. The lowest BCUT2D eigenvalue weighted by Gasteiger charge is -2.20. The highest BCUT2D eigenvalue weighted by molar-refractivity contribution is 6.33. The number of aromatic nitrogens is 3. The predicted molar refractivity (Wildman–Crippen MR) is 130 cm³/mol. The third-order valence-electron chi connectivity index (χ3n) is 6.02. The summed E-state index contributed by atoms with van der Waals surface area (Å²) in [5, 5.41) is 4.11. The predicted octanol–water partition coefficient (Wildman–Crippen LogP) is 6.72. The van der Waals surface area contributed by atoms with E-state index in [0.717, 1.165) is 12.1 Å². The number of rotatable bonds is 5. The van der Waals surface area contributed by atoms with Crippen molar-refractivity contribution in [2.75, 3.05) is 18.5 Å². The molecule has 0 saturated carbocycles. The third-order valence-corrected chi connectivity index (χ3v) is 6.32. The van der Waals surface area contributed by atoms with Crippen LogP contribution in [0.15, 0.2) is 60.8 Å². The zero-order chi connectivity index (χ0) is 25.3. The molecule has 6 nitrogen and oxygen atoms in total. The lowest BCUT2D eigenvalue weighted by Crippen LogP contribution is -2.25. The first kappa shape index (κ1) is 24.1. The summed E-state index contributed by atoms with van der Waals surface area (Å²) in [5.41, 5.74) is 1.39. The van der Waals surface area contributed by atoms with E-state index in [2.05, 4.69) is 20.3 Å². The number of hydrogen-bond acceptors (Lipinski definition) is 6. The number of nitrogens with one attached hydrogen (secondary N) is 1. The van der Waals surface area contributed by atoms with Gasteiger partial charge in [-0.05, 0) is 61.4 Å². The largest absolute Gasteiger partial charge is 0.416 e. The number of nitrogens with zero attached hydrogens (tertiary/aromatic N) is 3. The van der Waals surface area contributed by atoms with E-state index in [9.17, 15) is 18.0 Å². The molecule has 0 radical (unpaired) electrons. The van der Waals surface area contributed by atoms with Gasteiger partial charge in [0.1, 0.15) is 5.82 Å². The van der Waals surface area contributed by atoms with E-state index in [1.165, 1.54) is 12.1 Å². The highest BCUT2D eigenvalue weighted by atomic mass is 35.5. The van der Waals surface area contributed by atoms with Crippen molar-refractivity contribution >= 4 is 39.8 Å². The number of benzene rings is 2. The van der Waals surface area contributed by atoms with Crippen molar-refractivity contribution in [3.63, 3.8) is 0 Å². The maximum Gasteiger partial charge on any atom is 0.416 e. The Kier molecular flexibility index (Phi) is 6.59. The zero-order valence-corrected chi connectivity index (χ0v) is 19.6. The number of hydrogen-bond donors (Lipinski definition) is 1. The quantitative estimate of drug-likeness (QED) is 0.299. The first-order chi connectivity index (χ1) is 17.3. The van der Waals surface area contributed by atoms with Gasteiger partial charge in [0.2, 0.25) is 5.78 Å². The van der Waals surface area contributed by atoms with E-state index in [-0.39, 0.29) is 17.5 Å². The molecule has 3 heterocycles. The molecule has 5 rings (SSSR count). The van der Waals surface area contributed by atoms with Gasteiger partial charge in [-0.3, -0.25) is 9.78 Å². The molecule has 1 N–H and O–H groups in total. The van der Waals surface area contributed by atoms with Crippen LogP contribution in [0.5, 0.6) is 0 Å². The van der Waals surface area contributed by atoms with Gasteiger partial charge in [-0.25, -0.2) is 9.97 Å². The van der Waals surface area contributed by atoms with Crippen molar-refractivity contribution in [3.05, 3.63) is 77.2 Å².